The first-order valence-electron chi connectivity index (χ1n) is 10.8. The van der Waals surface area contributed by atoms with Gasteiger partial charge >= 0.3 is 0 Å². The number of oxazole rings is 1. The average molecular weight is 413 g/mol. The van der Waals surface area contributed by atoms with Crippen LogP contribution in [0.25, 0.3) is 0 Å². The van der Waals surface area contributed by atoms with Crippen LogP contribution >= 0.6 is 0 Å². The maximum atomic E-state index is 13.4. The molecule has 2 aliphatic heterocycles. The third-order valence-corrected chi connectivity index (χ3v) is 5.96. The quantitative estimate of drug-likeness (QED) is 0.752. The molecule has 2 aromatic rings. The normalized spacial score (nSPS) is 20.3. The van der Waals surface area contributed by atoms with Gasteiger partial charge in [0.1, 0.15) is 11.6 Å². The van der Waals surface area contributed by atoms with E-state index in [0.717, 1.165) is 37.7 Å². The molecule has 0 unspecified atom stereocenters. The highest BCUT2D eigenvalue weighted by Crippen LogP contribution is 2.27. The molecule has 0 bridgehead atoms. The van der Waals surface area contributed by atoms with Gasteiger partial charge in [-0.3, -0.25) is 9.59 Å². The van der Waals surface area contributed by atoms with E-state index < -0.39 is 0 Å². The van der Waals surface area contributed by atoms with Gasteiger partial charge < -0.3 is 14.2 Å². The van der Waals surface area contributed by atoms with Gasteiger partial charge in [0, 0.05) is 32.5 Å². The zero-order valence-corrected chi connectivity index (χ0v) is 17.2. The Morgan fingerprint density at radius 2 is 2.10 bits per heavy atom. The van der Waals surface area contributed by atoms with Crippen LogP contribution in [-0.2, 0) is 16.0 Å². The molecule has 6 nitrogen and oxygen atoms in total. The third-order valence-electron chi connectivity index (χ3n) is 5.96. The standard InChI is InChI=1S/C23H28FN3O3/c24-19-8-4-6-17(12-19)13-20-14-25-23(30-20)18-7-5-11-26(15-18)22(29)16-27-10-3-1-2-9-21(27)28/h4,6,8,12,14,18H,1-3,5,7,9-11,13,15-16H2/t18-/m1/s1. The number of likely N-dealkylation sites (tertiary alicyclic amines) is 2. The molecule has 0 radical (unpaired) electrons. The first-order chi connectivity index (χ1) is 14.6. The maximum absolute atomic E-state index is 13.4. The molecule has 3 heterocycles. The first-order valence-corrected chi connectivity index (χ1v) is 10.8. The van der Waals surface area contributed by atoms with Crippen LogP contribution in [0.2, 0.25) is 0 Å². The fourth-order valence-electron chi connectivity index (χ4n) is 4.32. The number of hydrogen-bond acceptors (Lipinski definition) is 4. The summed E-state index contributed by atoms with van der Waals surface area (Å²) in [7, 11) is 0. The predicted octanol–water partition coefficient (Wildman–Crippen LogP) is 3.51. The number of carbonyl (C=O) groups is 2. The van der Waals surface area contributed by atoms with Crippen LogP contribution < -0.4 is 0 Å². The summed E-state index contributed by atoms with van der Waals surface area (Å²) in [5.41, 5.74) is 0.834. The van der Waals surface area contributed by atoms with Gasteiger partial charge in [-0.25, -0.2) is 9.37 Å². The van der Waals surface area contributed by atoms with Crippen LogP contribution in [0.15, 0.2) is 34.9 Å². The van der Waals surface area contributed by atoms with Crippen LogP contribution in [-0.4, -0.2) is 52.8 Å². The van der Waals surface area contributed by atoms with Gasteiger partial charge in [-0.05, 0) is 43.4 Å². The molecule has 4 rings (SSSR count). The van der Waals surface area contributed by atoms with Gasteiger partial charge in [0.15, 0.2) is 5.89 Å². The van der Waals surface area contributed by atoms with E-state index >= 15 is 0 Å². The smallest absolute Gasteiger partial charge is 0.242 e. The highest BCUT2D eigenvalue weighted by molar-refractivity contribution is 5.85. The highest BCUT2D eigenvalue weighted by atomic mass is 19.1. The molecule has 1 atom stereocenters. The summed E-state index contributed by atoms with van der Waals surface area (Å²) in [5, 5.41) is 0. The molecule has 160 valence electrons. The minimum atomic E-state index is -0.267. The Hall–Kier alpha value is -2.70. The van der Waals surface area contributed by atoms with Crippen molar-refractivity contribution in [2.45, 2.75) is 50.9 Å². The van der Waals surface area contributed by atoms with E-state index in [0.29, 0.717) is 44.1 Å². The monoisotopic (exact) mass is 413 g/mol. The molecule has 1 aromatic carbocycles. The summed E-state index contributed by atoms with van der Waals surface area (Å²) in [6.45, 7) is 2.10. The van der Waals surface area contributed by atoms with Crippen molar-refractivity contribution in [2.75, 3.05) is 26.2 Å². The van der Waals surface area contributed by atoms with E-state index in [1.165, 1.54) is 12.1 Å². The number of hydrogen-bond donors (Lipinski definition) is 0. The van der Waals surface area contributed by atoms with E-state index in [1.54, 1.807) is 17.2 Å². The van der Waals surface area contributed by atoms with Gasteiger partial charge in [-0.1, -0.05) is 18.6 Å². The van der Waals surface area contributed by atoms with Crippen LogP contribution in [0, 0.1) is 5.82 Å². The zero-order valence-electron chi connectivity index (χ0n) is 17.2. The van der Waals surface area contributed by atoms with Crippen molar-refractivity contribution in [3.63, 3.8) is 0 Å². The van der Waals surface area contributed by atoms with Crippen molar-refractivity contribution in [2.24, 2.45) is 0 Å². The Kier molecular flexibility index (Phi) is 6.45. The topological polar surface area (TPSA) is 66.7 Å². The summed E-state index contributed by atoms with van der Waals surface area (Å²) < 4.78 is 19.3. The molecule has 1 aromatic heterocycles. The third kappa shape index (κ3) is 5.07. The first kappa shape index (κ1) is 20.6. The molecule has 2 saturated heterocycles. The van der Waals surface area contributed by atoms with Gasteiger partial charge in [-0.15, -0.1) is 0 Å². The minimum Gasteiger partial charge on any atom is -0.445 e. The maximum Gasteiger partial charge on any atom is 0.242 e. The van der Waals surface area contributed by atoms with E-state index in [-0.39, 0.29) is 30.1 Å². The molecule has 0 saturated carbocycles. The van der Waals surface area contributed by atoms with E-state index in [4.69, 9.17) is 4.42 Å². The Balaban J connectivity index is 1.36. The Labute approximate surface area is 176 Å². The van der Waals surface area contributed by atoms with Crippen molar-refractivity contribution >= 4 is 11.8 Å². The number of piperidine rings is 1. The van der Waals surface area contributed by atoms with E-state index in [1.807, 2.05) is 11.0 Å². The fraction of sp³-hybridized carbons (Fsp3) is 0.522. The lowest BCUT2D eigenvalue weighted by Gasteiger charge is -2.33. The second-order valence-corrected chi connectivity index (χ2v) is 8.28. The van der Waals surface area contributed by atoms with Crippen molar-refractivity contribution in [3.8, 4) is 0 Å². The molecule has 2 amide bonds. The number of amides is 2. The van der Waals surface area contributed by atoms with Gasteiger partial charge in [0.2, 0.25) is 11.8 Å². The Bertz CT molecular complexity index is 897. The van der Waals surface area contributed by atoms with Crippen molar-refractivity contribution in [1.29, 1.82) is 0 Å². The van der Waals surface area contributed by atoms with Gasteiger partial charge in [0.05, 0.1) is 18.7 Å². The Morgan fingerprint density at radius 1 is 1.20 bits per heavy atom. The summed E-state index contributed by atoms with van der Waals surface area (Å²) in [5.74, 6) is 1.19. The number of halogens is 1. The summed E-state index contributed by atoms with van der Waals surface area (Å²) in [6.07, 6.45) is 7.43. The average Bonchev–Trinajstić information content (AvgIpc) is 3.11. The lowest BCUT2D eigenvalue weighted by atomic mass is 9.98. The van der Waals surface area contributed by atoms with E-state index in [2.05, 4.69) is 4.98 Å². The fourth-order valence-corrected chi connectivity index (χ4v) is 4.32. The highest BCUT2D eigenvalue weighted by Gasteiger charge is 2.29. The molecular formula is C23H28FN3O3. The Morgan fingerprint density at radius 3 is 2.97 bits per heavy atom. The lowest BCUT2D eigenvalue weighted by molar-refractivity contribution is -0.141. The zero-order chi connectivity index (χ0) is 20.9. The van der Waals surface area contributed by atoms with Gasteiger partial charge in [0.25, 0.3) is 0 Å². The minimum absolute atomic E-state index is 0.00138. The molecule has 0 aliphatic carbocycles. The summed E-state index contributed by atoms with van der Waals surface area (Å²) in [6, 6.07) is 6.45. The largest absolute Gasteiger partial charge is 0.445 e. The molecule has 0 spiro atoms. The van der Waals surface area contributed by atoms with E-state index in [9.17, 15) is 14.0 Å². The van der Waals surface area contributed by atoms with Crippen molar-refractivity contribution in [1.82, 2.24) is 14.8 Å². The molecular weight excluding hydrogens is 385 g/mol. The van der Waals surface area contributed by atoms with Crippen LogP contribution in [0.1, 0.15) is 61.7 Å². The molecule has 7 heteroatoms. The van der Waals surface area contributed by atoms with Crippen LogP contribution in [0.3, 0.4) is 0 Å². The summed E-state index contributed by atoms with van der Waals surface area (Å²) >= 11 is 0. The summed E-state index contributed by atoms with van der Waals surface area (Å²) in [4.78, 5) is 33.0. The second-order valence-electron chi connectivity index (χ2n) is 8.28. The van der Waals surface area contributed by atoms with Crippen LogP contribution in [0.5, 0.6) is 0 Å². The number of nitrogens with zero attached hydrogens (tertiary/aromatic N) is 3. The number of rotatable bonds is 5. The number of aromatic nitrogens is 1. The SMILES string of the molecule is O=C1CCCCCN1CC(=O)N1CCC[C@@H](c2ncc(Cc3cccc(F)c3)o2)C1. The predicted molar refractivity (Wildman–Crippen MR) is 109 cm³/mol. The molecule has 30 heavy (non-hydrogen) atoms. The molecule has 2 aliphatic rings. The lowest BCUT2D eigenvalue weighted by Crippen LogP contribution is -2.46. The molecule has 2 fully saturated rings. The van der Waals surface area contributed by atoms with Crippen molar-refractivity contribution < 1.29 is 18.4 Å². The van der Waals surface area contributed by atoms with Crippen molar-refractivity contribution in [3.05, 3.63) is 53.5 Å². The molecule has 0 N–H and O–H groups in total. The number of carbonyl (C=O) groups excluding carboxylic acids is 2. The van der Waals surface area contributed by atoms with Crippen LogP contribution in [0.4, 0.5) is 4.39 Å². The van der Waals surface area contributed by atoms with Gasteiger partial charge in [-0.2, -0.15) is 0 Å². The second kappa shape index (κ2) is 9.41. The number of benzene rings is 1.